The number of carboxylic acids is 2. The summed E-state index contributed by atoms with van der Waals surface area (Å²) in [6, 6.07) is -3.55. The molecule has 1 rings (SSSR count). The highest BCUT2D eigenvalue weighted by atomic mass is 16.4. The lowest BCUT2D eigenvalue weighted by atomic mass is 10.1. The van der Waals surface area contributed by atoms with Gasteiger partial charge in [-0.3, -0.25) is 28.8 Å². The first-order chi connectivity index (χ1) is 13.5. The van der Waals surface area contributed by atoms with Crippen LogP contribution in [0.1, 0.15) is 32.1 Å². The number of amides is 4. The average Bonchev–Trinajstić information content (AvgIpc) is 3.12. The predicted molar refractivity (Wildman–Crippen MR) is 96.0 cm³/mol. The van der Waals surface area contributed by atoms with Gasteiger partial charge in [-0.1, -0.05) is 0 Å². The molecule has 0 aromatic heterocycles. The second-order valence-corrected chi connectivity index (χ2v) is 6.57. The van der Waals surface area contributed by atoms with E-state index in [0.29, 0.717) is 6.42 Å². The van der Waals surface area contributed by atoms with Crippen molar-refractivity contribution in [3.8, 4) is 0 Å². The van der Waals surface area contributed by atoms with E-state index in [9.17, 15) is 28.8 Å². The molecule has 0 aliphatic carbocycles. The summed E-state index contributed by atoms with van der Waals surface area (Å²) in [7, 11) is 0. The maximum atomic E-state index is 12.8. The average molecular weight is 415 g/mol. The number of hydrogen-bond acceptors (Lipinski definition) is 7. The maximum Gasteiger partial charge on any atom is 0.322 e. The van der Waals surface area contributed by atoms with Crippen LogP contribution in [0, 0.1) is 0 Å². The van der Waals surface area contributed by atoms with E-state index in [-0.39, 0.29) is 25.8 Å². The largest absolute Gasteiger partial charge is 0.481 e. The Morgan fingerprint density at radius 2 is 1.76 bits per heavy atom. The Balaban J connectivity index is 2.84. The van der Waals surface area contributed by atoms with Crippen LogP contribution in [0.25, 0.3) is 0 Å². The molecule has 162 valence electrons. The lowest BCUT2D eigenvalue weighted by Crippen LogP contribution is -2.56. The first kappa shape index (κ1) is 23.8. The number of nitrogens with zero attached hydrogens (tertiary/aromatic N) is 1. The Hall–Kier alpha value is -3.22. The summed E-state index contributed by atoms with van der Waals surface area (Å²) in [5.41, 5.74) is 10.7. The van der Waals surface area contributed by atoms with E-state index in [1.807, 2.05) is 0 Å². The monoisotopic (exact) mass is 415 g/mol. The van der Waals surface area contributed by atoms with E-state index in [2.05, 4.69) is 10.6 Å². The first-order valence-electron chi connectivity index (χ1n) is 8.89. The van der Waals surface area contributed by atoms with E-state index in [1.165, 1.54) is 0 Å². The van der Waals surface area contributed by atoms with Crippen molar-refractivity contribution in [2.24, 2.45) is 11.5 Å². The Morgan fingerprint density at radius 1 is 1.10 bits per heavy atom. The van der Waals surface area contributed by atoms with Crippen LogP contribution in [0.15, 0.2) is 0 Å². The van der Waals surface area contributed by atoms with E-state index >= 15 is 0 Å². The SMILES string of the molecule is NC(=O)CC(NC(=O)C(N)CCC(=O)O)C(=O)N1CCCC1C(=O)NCC(=O)O. The lowest BCUT2D eigenvalue weighted by Gasteiger charge is -2.28. The molecule has 1 aliphatic rings. The second kappa shape index (κ2) is 10.9. The zero-order chi connectivity index (χ0) is 22.1. The minimum absolute atomic E-state index is 0.167. The molecule has 29 heavy (non-hydrogen) atoms. The summed E-state index contributed by atoms with van der Waals surface area (Å²) < 4.78 is 0. The van der Waals surface area contributed by atoms with Gasteiger partial charge in [-0.2, -0.15) is 0 Å². The fraction of sp³-hybridized carbons (Fsp3) is 0.625. The topological polar surface area (TPSA) is 222 Å². The van der Waals surface area contributed by atoms with Gasteiger partial charge < -0.3 is 37.2 Å². The van der Waals surface area contributed by atoms with E-state index in [1.54, 1.807) is 0 Å². The zero-order valence-corrected chi connectivity index (χ0v) is 15.6. The molecule has 8 N–H and O–H groups in total. The van der Waals surface area contributed by atoms with Gasteiger partial charge in [-0.25, -0.2) is 0 Å². The van der Waals surface area contributed by atoms with Gasteiger partial charge in [-0.15, -0.1) is 0 Å². The summed E-state index contributed by atoms with van der Waals surface area (Å²) >= 11 is 0. The third kappa shape index (κ3) is 7.73. The highest BCUT2D eigenvalue weighted by Gasteiger charge is 2.38. The first-order valence-corrected chi connectivity index (χ1v) is 8.89. The molecule has 0 spiro atoms. The second-order valence-electron chi connectivity index (χ2n) is 6.57. The molecule has 4 amide bonds. The van der Waals surface area contributed by atoms with Gasteiger partial charge >= 0.3 is 11.9 Å². The summed E-state index contributed by atoms with van der Waals surface area (Å²) in [5, 5.41) is 21.8. The molecule has 0 radical (unpaired) electrons. The Bertz CT molecular complexity index is 682. The van der Waals surface area contributed by atoms with E-state index in [4.69, 9.17) is 21.7 Å². The van der Waals surface area contributed by atoms with Crippen LogP contribution in [-0.2, 0) is 28.8 Å². The number of primary amides is 1. The van der Waals surface area contributed by atoms with Gasteiger partial charge in [0.05, 0.1) is 12.5 Å². The molecule has 0 saturated carbocycles. The van der Waals surface area contributed by atoms with Crippen molar-refractivity contribution in [2.75, 3.05) is 13.1 Å². The molecule has 3 atom stereocenters. The van der Waals surface area contributed by atoms with Gasteiger partial charge in [0.25, 0.3) is 0 Å². The van der Waals surface area contributed by atoms with Crippen molar-refractivity contribution in [3.05, 3.63) is 0 Å². The molecule has 1 saturated heterocycles. The number of nitrogens with one attached hydrogen (secondary N) is 2. The van der Waals surface area contributed by atoms with Gasteiger partial charge in [0, 0.05) is 13.0 Å². The zero-order valence-electron chi connectivity index (χ0n) is 15.6. The normalized spacial score (nSPS) is 17.8. The molecule has 1 fully saturated rings. The van der Waals surface area contributed by atoms with Crippen molar-refractivity contribution in [1.29, 1.82) is 0 Å². The number of hydrogen-bond donors (Lipinski definition) is 6. The Morgan fingerprint density at radius 3 is 2.31 bits per heavy atom. The number of aliphatic carboxylic acids is 2. The van der Waals surface area contributed by atoms with Crippen LogP contribution in [0.5, 0.6) is 0 Å². The summed E-state index contributed by atoms with van der Waals surface area (Å²) in [6.45, 7) is -0.447. The van der Waals surface area contributed by atoms with E-state index in [0.717, 1.165) is 4.90 Å². The van der Waals surface area contributed by atoms with Gasteiger partial charge in [0.1, 0.15) is 18.6 Å². The van der Waals surface area contributed by atoms with Gasteiger partial charge in [-0.05, 0) is 19.3 Å². The number of carbonyl (C=O) groups excluding carboxylic acids is 4. The van der Waals surface area contributed by atoms with Crippen molar-refractivity contribution in [2.45, 2.75) is 50.2 Å². The highest BCUT2D eigenvalue weighted by Crippen LogP contribution is 2.19. The summed E-state index contributed by atoms with van der Waals surface area (Å²) in [5.74, 6) is -5.52. The molecular weight excluding hydrogens is 390 g/mol. The van der Waals surface area contributed by atoms with Crippen molar-refractivity contribution >= 4 is 35.6 Å². The molecule has 13 heteroatoms. The van der Waals surface area contributed by atoms with Crippen LogP contribution in [0.4, 0.5) is 0 Å². The van der Waals surface area contributed by atoms with Crippen LogP contribution in [0.2, 0.25) is 0 Å². The van der Waals surface area contributed by atoms with Crippen molar-refractivity contribution in [1.82, 2.24) is 15.5 Å². The van der Waals surface area contributed by atoms with Crippen LogP contribution in [-0.4, -0.2) is 81.9 Å². The summed E-state index contributed by atoms with van der Waals surface area (Å²) in [6.07, 6.45) is -0.335. The van der Waals surface area contributed by atoms with Crippen molar-refractivity contribution < 1.29 is 39.0 Å². The number of rotatable bonds is 11. The Labute approximate surface area is 165 Å². The molecule has 1 heterocycles. The Kier molecular flexibility index (Phi) is 8.99. The molecule has 3 unspecified atom stereocenters. The fourth-order valence-electron chi connectivity index (χ4n) is 2.87. The smallest absolute Gasteiger partial charge is 0.322 e. The van der Waals surface area contributed by atoms with Gasteiger partial charge in [0.2, 0.25) is 23.6 Å². The molecule has 13 nitrogen and oxygen atoms in total. The number of carboxylic acid groups (broad SMARTS) is 2. The number of carbonyl (C=O) groups is 6. The van der Waals surface area contributed by atoms with Crippen molar-refractivity contribution in [3.63, 3.8) is 0 Å². The van der Waals surface area contributed by atoms with Crippen LogP contribution < -0.4 is 22.1 Å². The van der Waals surface area contributed by atoms with Crippen LogP contribution >= 0.6 is 0 Å². The minimum Gasteiger partial charge on any atom is -0.481 e. The quantitative estimate of drug-likeness (QED) is 0.199. The summed E-state index contributed by atoms with van der Waals surface area (Å²) in [4.78, 5) is 70.8. The maximum absolute atomic E-state index is 12.8. The molecule has 0 aromatic carbocycles. The molecule has 0 aromatic rings. The van der Waals surface area contributed by atoms with E-state index < -0.39 is 66.7 Å². The fourth-order valence-corrected chi connectivity index (χ4v) is 2.87. The molecule has 0 bridgehead atoms. The highest BCUT2D eigenvalue weighted by molar-refractivity contribution is 5.96. The van der Waals surface area contributed by atoms with Crippen LogP contribution in [0.3, 0.4) is 0 Å². The number of likely N-dealkylation sites (tertiary alicyclic amines) is 1. The van der Waals surface area contributed by atoms with Gasteiger partial charge in [0.15, 0.2) is 0 Å². The standard InChI is InChI=1S/C16H25N5O8/c17-8(3-4-12(23)24)14(27)20-9(6-11(18)22)16(29)21-5-1-2-10(21)15(28)19-7-13(25)26/h8-10H,1-7,17H2,(H2,18,22)(H,19,28)(H,20,27)(H,23,24)(H,25,26). The molecule has 1 aliphatic heterocycles. The number of nitrogens with two attached hydrogens (primary N) is 2. The molecular formula is C16H25N5O8. The third-order valence-corrected chi connectivity index (χ3v) is 4.28. The third-order valence-electron chi connectivity index (χ3n) is 4.28. The lowest BCUT2D eigenvalue weighted by molar-refractivity contribution is -0.143. The minimum atomic E-state index is -1.39. The predicted octanol–water partition coefficient (Wildman–Crippen LogP) is -3.27.